The third-order valence-electron chi connectivity index (χ3n) is 3.27. The van der Waals surface area contributed by atoms with E-state index in [9.17, 15) is 9.59 Å². The van der Waals surface area contributed by atoms with E-state index in [2.05, 4.69) is 18.6 Å². The van der Waals surface area contributed by atoms with Crippen LogP contribution in [-0.2, 0) is 14.3 Å². The highest BCUT2D eigenvalue weighted by atomic mass is 16.5. The van der Waals surface area contributed by atoms with Gasteiger partial charge in [-0.05, 0) is 24.0 Å². The van der Waals surface area contributed by atoms with Crippen LogP contribution in [-0.4, -0.2) is 25.5 Å². The molecule has 1 unspecified atom stereocenters. The number of rotatable bonds is 5. The maximum Gasteiger partial charge on any atom is 0.325 e. The Bertz CT molecular complexity index is 456. The molecule has 0 N–H and O–H groups in total. The first-order chi connectivity index (χ1) is 9.01. The van der Waals surface area contributed by atoms with Crippen molar-refractivity contribution in [1.82, 2.24) is 0 Å². The van der Waals surface area contributed by atoms with Gasteiger partial charge in [0, 0.05) is 12.6 Å². The van der Waals surface area contributed by atoms with E-state index in [-0.39, 0.29) is 12.5 Å². The molecule has 0 fully saturated rings. The lowest BCUT2D eigenvalue weighted by Gasteiger charge is -2.25. The summed E-state index contributed by atoms with van der Waals surface area (Å²) in [6.45, 7) is 5.60. The molecule has 1 rings (SSSR count). The van der Waals surface area contributed by atoms with Crippen LogP contribution in [0.4, 0.5) is 5.69 Å². The van der Waals surface area contributed by atoms with Crippen molar-refractivity contribution in [2.45, 2.75) is 33.1 Å². The molecule has 0 heterocycles. The standard InChI is InChI=1S/C15H21NO3/c1-5-11(2)13-8-6-7-9-14(13)16(12(3)17)10-15(18)19-4/h6-9,11H,5,10H2,1-4H3. The van der Waals surface area contributed by atoms with E-state index >= 15 is 0 Å². The summed E-state index contributed by atoms with van der Waals surface area (Å²) < 4.78 is 4.65. The summed E-state index contributed by atoms with van der Waals surface area (Å²) in [7, 11) is 1.32. The van der Waals surface area contributed by atoms with Crippen LogP contribution in [0.5, 0.6) is 0 Å². The summed E-state index contributed by atoms with van der Waals surface area (Å²) in [5.41, 5.74) is 1.86. The highest BCUT2D eigenvalue weighted by molar-refractivity contribution is 5.97. The second-order valence-corrected chi connectivity index (χ2v) is 4.55. The number of para-hydroxylation sites is 1. The molecule has 0 aliphatic carbocycles. The van der Waals surface area contributed by atoms with E-state index in [0.29, 0.717) is 5.92 Å². The molecule has 0 saturated heterocycles. The molecule has 0 radical (unpaired) electrons. The molecule has 4 heteroatoms. The third kappa shape index (κ3) is 3.81. The van der Waals surface area contributed by atoms with E-state index in [1.165, 1.54) is 18.9 Å². The molecule has 104 valence electrons. The van der Waals surface area contributed by atoms with Crippen LogP contribution in [0.15, 0.2) is 24.3 Å². The van der Waals surface area contributed by atoms with Gasteiger partial charge in [0.25, 0.3) is 0 Å². The van der Waals surface area contributed by atoms with E-state index in [1.807, 2.05) is 24.3 Å². The SMILES string of the molecule is CCC(C)c1ccccc1N(CC(=O)OC)C(C)=O. The van der Waals surface area contributed by atoms with Crippen LogP contribution in [0.2, 0.25) is 0 Å². The van der Waals surface area contributed by atoms with Gasteiger partial charge in [-0.25, -0.2) is 0 Å². The lowest BCUT2D eigenvalue weighted by molar-refractivity contribution is -0.139. The number of benzene rings is 1. The Balaban J connectivity index is 3.15. The van der Waals surface area contributed by atoms with Crippen molar-refractivity contribution in [2.75, 3.05) is 18.6 Å². The first kappa shape index (κ1) is 15.2. The molecule has 1 aromatic carbocycles. The minimum atomic E-state index is -0.422. The molecule has 0 saturated carbocycles. The minimum Gasteiger partial charge on any atom is -0.468 e. The van der Waals surface area contributed by atoms with Gasteiger partial charge in [0.05, 0.1) is 7.11 Å². The van der Waals surface area contributed by atoms with Gasteiger partial charge in [-0.1, -0.05) is 32.0 Å². The first-order valence-corrected chi connectivity index (χ1v) is 6.45. The van der Waals surface area contributed by atoms with E-state index < -0.39 is 5.97 Å². The van der Waals surface area contributed by atoms with Crippen molar-refractivity contribution >= 4 is 17.6 Å². The van der Waals surface area contributed by atoms with Gasteiger partial charge in [-0.3, -0.25) is 9.59 Å². The minimum absolute atomic E-state index is 0.0563. The molecule has 0 aliphatic heterocycles. The Morgan fingerprint density at radius 2 is 1.95 bits per heavy atom. The smallest absolute Gasteiger partial charge is 0.325 e. The highest BCUT2D eigenvalue weighted by Gasteiger charge is 2.20. The quantitative estimate of drug-likeness (QED) is 0.767. The normalized spacial score (nSPS) is 11.8. The summed E-state index contributed by atoms with van der Waals surface area (Å²) >= 11 is 0. The molecular formula is C15H21NO3. The van der Waals surface area contributed by atoms with Crippen molar-refractivity contribution in [3.8, 4) is 0 Å². The van der Waals surface area contributed by atoms with Crippen molar-refractivity contribution < 1.29 is 14.3 Å². The van der Waals surface area contributed by atoms with Gasteiger partial charge in [-0.15, -0.1) is 0 Å². The number of carbonyl (C=O) groups excluding carboxylic acids is 2. The van der Waals surface area contributed by atoms with Crippen molar-refractivity contribution in [1.29, 1.82) is 0 Å². The molecule has 0 spiro atoms. The Hall–Kier alpha value is -1.84. The van der Waals surface area contributed by atoms with Gasteiger partial charge in [0.2, 0.25) is 5.91 Å². The number of carbonyl (C=O) groups is 2. The predicted molar refractivity (Wildman–Crippen MR) is 75.2 cm³/mol. The van der Waals surface area contributed by atoms with Crippen molar-refractivity contribution in [3.05, 3.63) is 29.8 Å². The predicted octanol–water partition coefficient (Wildman–Crippen LogP) is 2.73. The van der Waals surface area contributed by atoms with Crippen LogP contribution in [0.3, 0.4) is 0 Å². The second-order valence-electron chi connectivity index (χ2n) is 4.55. The molecular weight excluding hydrogens is 242 g/mol. The van der Waals surface area contributed by atoms with Crippen LogP contribution in [0.1, 0.15) is 38.7 Å². The molecule has 0 aromatic heterocycles. The zero-order chi connectivity index (χ0) is 14.4. The fourth-order valence-corrected chi connectivity index (χ4v) is 1.93. The molecule has 1 atom stereocenters. The lowest BCUT2D eigenvalue weighted by Crippen LogP contribution is -2.35. The highest BCUT2D eigenvalue weighted by Crippen LogP contribution is 2.29. The Morgan fingerprint density at radius 3 is 2.47 bits per heavy atom. The fourth-order valence-electron chi connectivity index (χ4n) is 1.93. The molecule has 19 heavy (non-hydrogen) atoms. The van der Waals surface area contributed by atoms with E-state index in [0.717, 1.165) is 17.7 Å². The second kappa shape index (κ2) is 6.92. The zero-order valence-electron chi connectivity index (χ0n) is 12.0. The zero-order valence-corrected chi connectivity index (χ0v) is 12.0. The third-order valence-corrected chi connectivity index (χ3v) is 3.27. The Labute approximate surface area is 114 Å². The monoisotopic (exact) mass is 263 g/mol. The lowest BCUT2D eigenvalue weighted by atomic mass is 9.96. The van der Waals surface area contributed by atoms with E-state index in [1.54, 1.807) is 0 Å². The average Bonchev–Trinajstić information content (AvgIpc) is 2.43. The van der Waals surface area contributed by atoms with Crippen LogP contribution in [0.25, 0.3) is 0 Å². The summed E-state index contributed by atoms with van der Waals surface area (Å²) in [5, 5.41) is 0. The van der Waals surface area contributed by atoms with Gasteiger partial charge in [0.1, 0.15) is 6.54 Å². The van der Waals surface area contributed by atoms with E-state index in [4.69, 9.17) is 0 Å². The number of hydrogen-bond donors (Lipinski definition) is 0. The number of anilines is 1. The number of amides is 1. The van der Waals surface area contributed by atoms with Gasteiger partial charge < -0.3 is 9.64 Å². The van der Waals surface area contributed by atoms with Gasteiger partial charge >= 0.3 is 5.97 Å². The summed E-state index contributed by atoms with van der Waals surface area (Å²) in [6, 6.07) is 7.68. The fraction of sp³-hybridized carbons (Fsp3) is 0.467. The molecule has 1 amide bonds. The van der Waals surface area contributed by atoms with Crippen LogP contribution >= 0.6 is 0 Å². The maximum atomic E-state index is 11.8. The number of esters is 1. The number of methoxy groups -OCH3 is 1. The number of hydrogen-bond acceptors (Lipinski definition) is 3. The summed E-state index contributed by atoms with van der Waals surface area (Å²) in [6.07, 6.45) is 0.973. The molecule has 0 aliphatic rings. The maximum absolute atomic E-state index is 11.8. The van der Waals surface area contributed by atoms with Crippen LogP contribution < -0.4 is 4.90 Å². The summed E-state index contributed by atoms with van der Waals surface area (Å²) in [4.78, 5) is 24.7. The Morgan fingerprint density at radius 1 is 1.32 bits per heavy atom. The van der Waals surface area contributed by atoms with Crippen LogP contribution in [0, 0.1) is 0 Å². The topological polar surface area (TPSA) is 46.6 Å². The molecule has 4 nitrogen and oxygen atoms in total. The average molecular weight is 263 g/mol. The summed E-state index contributed by atoms with van der Waals surface area (Å²) in [5.74, 6) is -0.258. The number of ether oxygens (including phenoxy) is 1. The number of nitrogens with zero attached hydrogens (tertiary/aromatic N) is 1. The van der Waals surface area contributed by atoms with Gasteiger partial charge in [-0.2, -0.15) is 0 Å². The largest absolute Gasteiger partial charge is 0.468 e. The van der Waals surface area contributed by atoms with Crippen molar-refractivity contribution in [3.63, 3.8) is 0 Å². The molecule has 0 bridgehead atoms. The van der Waals surface area contributed by atoms with Gasteiger partial charge in [0.15, 0.2) is 0 Å². The Kier molecular flexibility index (Phi) is 5.55. The first-order valence-electron chi connectivity index (χ1n) is 6.45. The van der Waals surface area contributed by atoms with Crippen molar-refractivity contribution in [2.24, 2.45) is 0 Å². The molecule has 1 aromatic rings.